The van der Waals surface area contributed by atoms with Crippen LogP contribution in [0, 0.1) is 6.92 Å². The molecule has 1 aromatic heterocycles. The van der Waals surface area contributed by atoms with Crippen LogP contribution in [0.25, 0.3) is 0 Å². The third-order valence-corrected chi connectivity index (χ3v) is 2.75. The Bertz CT molecular complexity index is 376. The van der Waals surface area contributed by atoms with Crippen molar-refractivity contribution in [3.8, 4) is 0 Å². The van der Waals surface area contributed by atoms with E-state index in [0.29, 0.717) is 6.42 Å². The van der Waals surface area contributed by atoms with Crippen LogP contribution in [0.4, 0.5) is 0 Å². The van der Waals surface area contributed by atoms with E-state index in [1.54, 1.807) is 11.9 Å². The normalized spacial score (nSPS) is 26.1. The molecule has 1 aliphatic rings. The van der Waals surface area contributed by atoms with E-state index in [1.807, 2.05) is 19.1 Å². The number of rotatable bonds is 1. The van der Waals surface area contributed by atoms with Crippen LogP contribution in [-0.2, 0) is 4.79 Å². The fraction of sp³-hybridized carbons (Fsp3) is 0.500. The maximum absolute atomic E-state index is 11.4. The molecule has 15 heavy (non-hydrogen) atoms. The maximum Gasteiger partial charge on any atom is 0.224 e. The van der Waals surface area contributed by atoms with E-state index in [-0.39, 0.29) is 18.0 Å². The molecule has 2 rings (SSSR count). The first-order valence-corrected chi connectivity index (χ1v) is 4.91. The molecule has 2 heterocycles. The summed E-state index contributed by atoms with van der Waals surface area (Å²) in [5.41, 5.74) is 7.53. The maximum atomic E-state index is 11.4. The van der Waals surface area contributed by atoms with Gasteiger partial charge in [0, 0.05) is 19.5 Å². The highest BCUT2D eigenvalue weighted by Crippen LogP contribution is 2.28. The lowest BCUT2D eigenvalue weighted by atomic mass is 10.1. The van der Waals surface area contributed by atoms with E-state index < -0.39 is 0 Å². The van der Waals surface area contributed by atoms with Crippen LogP contribution in [-0.4, -0.2) is 34.1 Å². The van der Waals surface area contributed by atoms with Crippen LogP contribution < -0.4 is 5.73 Å². The molecule has 2 N–H and O–H groups in total. The van der Waals surface area contributed by atoms with Gasteiger partial charge in [0.25, 0.3) is 0 Å². The molecule has 0 aliphatic carbocycles. The minimum Gasteiger partial charge on any atom is -0.335 e. The Morgan fingerprint density at radius 3 is 2.67 bits per heavy atom. The fourth-order valence-corrected chi connectivity index (χ4v) is 1.88. The molecule has 1 saturated heterocycles. The SMILES string of the molecule is Cc1ccc(C2C(N)CC(=O)N2C)nn1. The number of nitrogens with two attached hydrogens (primary N) is 1. The molecule has 1 aromatic rings. The van der Waals surface area contributed by atoms with Crippen molar-refractivity contribution in [1.82, 2.24) is 15.1 Å². The lowest BCUT2D eigenvalue weighted by Crippen LogP contribution is -2.31. The van der Waals surface area contributed by atoms with Crippen molar-refractivity contribution in [2.45, 2.75) is 25.4 Å². The van der Waals surface area contributed by atoms with Gasteiger partial charge in [-0.2, -0.15) is 10.2 Å². The van der Waals surface area contributed by atoms with Crippen LogP contribution >= 0.6 is 0 Å². The predicted molar refractivity (Wildman–Crippen MR) is 54.9 cm³/mol. The Hall–Kier alpha value is -1.49. The number of aryl methyl sites for hydroxylation is 1. The molecular formula is C10H14N4O. The topological polar surface area (TPSA) is 72.1 Å². The summed E-state index contributed by atoms with van der Waals surface area (Å²) in [5, 5.41) is 8.05. The molecule has 80 valence electrons. The average molecular weight is 206 g/mol. The largest absolute Gasteiger partial charge is 0.335 e. The standard InChI is InChI=1S/C10H14N4O/c1-6-3-4-8(13-12-6)10-7(11)5-9(15)14(10)2/h3-4,7,10H,5,11H2,1-2H3. The highest BCUT2D eigenvalue weighted by molar-refractivity contribution is 5.79. The molecule has 1 fully saturated rings. The Labute approximate surface area is 88.3 Å². The highest BCUT2D eigenvalue weighted by Gasteiger charge is 2.37. The van der Waals surface area contributed by atoms with Crippen LogP contribution in [0.3, 0.4) is 0 Å². The number of likely N-dealkylation sites (tertiary alicyclic amines) is 1. The first-order chi connectivity index (χ1) is 7.09. The zero-order valence-corrected chi connectivity index (χ0v) is 8.84. The van der Waals surface area contributed by atoms with E-state index in [9.17, 15) is 4.79 Å². The molecule has 5 heteroatoms. The number of carbonyl (C=O) groups is 1. The van der Waals surface area contributed by atoms with Crippen LogP contribution in [0.5, 0.6) is 0 Å². The molecule has 0 radical (unpaired) electrons. The monoisotopic (exact) mass is 206 g/mol. The van der Waals surface area contributed by atoms with Gasteiger partial charge in [-0.15, -0.1) is 0 Å². The number of carbonyl (C=O) groups excluding carboxylic acids is 1. The molecule has 0 aromatic carbocycles. The van der Waals surface area contributed by atoms with Gasteiger partial charge in [-0.1, -0.05) is 0 Å². The van der Waals surface area contributed by atoms with Gasteiger partial charge in [0.1, 0.15) is 0 Å². The summed E-state index contributed by atoms with van der Waals surface area (Å²) in [4.78, 5) is 13.1. The molecule has 2 atom stereocenters. The molecule has 0 bridgehead atoms. The molecule has 1 aliphatic heterocycles. The summed E-state index contributed by atoms with van der Waals surface area (Å²) in [7, 11) is 1.75. The third kappa shape index (κ3) is 1.70. The second-order valence-corrected chi connectivity index (χ2v) is 3.92. The Morgan fingerprint density at radius 2 is 2.20 bits per heavy atom. The van der Waals surface area contributed by atoms with Gasteiger partial charge < -0.3 is 10.6 Å². The third-order valence-electron chi connectivity index (χ3n) is 2.75. The summed E-state index contributed by atoms with van der Waals surface area (Å²) in [5.74, 6) is 0.0647. The second kappa shape index (κ2) is 3.58. The van der Waals surface area contributed by atoms with Crippen molar-refractivity contribution < 1.29 is 4.79 Å². The van der Waals surface area contributed by atoms with Crippen LogP contribution in [0.15, 0.2) is 12.1 Å². The fourth-order valence-electron chi connectivity index (χ4n) is 1.88. The van der Waals surface area contributed by atoms with Gasteiger partial charge in [0.05, 0.1) is 17.4 Å². The number of nitrogens with zero attached hydrogens (tertiary/aromatic N) is 3. The zero-order chi connectivity index (χ0) is 11.0. The van der Waals surface area contributed by atoms with E-state index in [2.05, 4.69) is 10.2 Å². The quantitative estimate of drug-likeness (QED) is 0.703. The lowest BCUT2D eigenvalue weighted by molar-refractivity contribution is -0.127. The van der Waals surface area contributed by atoms with Gasteiger partial charge in [0.2, 0.25) is 5.91 Å². The van der Waals surface area contributed by atoms with E-state index in [1.165, 1.54) is 0 Å². The zero-order valence-electron chi connectivity index (χ0n) is 8.84. The van der Waals surface area contributed by atoms with Gasteiger partial charge >= 0.3 is 0 Å². The summed E-state index contributed by atoms with van der Waals surface area (Å²) in [6.45, 7) is 1.88. The molecular weight excluding hydrogens is 192 g/mol. The Balaban J connectivity index is 2.30. The summed E-state index contributed by atoms with van der Waals surface area (Å²) in [6, 6.07) is 3.44. The number of likely N-dealkylation sites (N-methyl/N-ethyl adjacent to an activating group) is 1. The van der Waals surface area contributed by atoms with Crippen molar-refractivity contribution >= 4 is 5.91 Å². The van der Waals surface area contributed by atoms with Crippen molar-refractivity contribution in [3.63, 3.8) is 0 Å². The first-order valence-electron chi connectivity index (χ1n) is 4.91. The van der Waals surface area contributed by atoms with Gasteiger partial charge in [0.15, 0.2) is 0 Å². The second-order valence-electron chi connectivity index (χ2n) is 3.92. The number of hydrogen-bond donors (Lipinski definition) is 1. The number of amides is 1. The van der Waals surface area contributed by atoms with Gasteiger partial charge in [-0.05, 0) is 19.1 Å². The van der Waals surface area contributed by atoms with E-state index in [4.69, 9.17) is 5.73 Å². The molecule has 0 spiro atoms. The van der Waals surface area contributed by atoms with Crippen LogP contribution in [0.1, 0.15) is 23.9 Å². The van der Waals surface area contributed by atoms with Gasteiger partial charge in [-0.25, -0.2) is 0 Å². The van der Waals surface area contributed by atoms with E-state index in [0.717, 1.165) is 11.4 Å². The predicted octanol–water partition coefficient (Wildman–Crippen LogP) is 0.0155. The Kier molecular flexibility index (Phi) is 2.40. The highest BCUT2D eigenvalue weighted by atomic mass is 16.2. The van der Waals surface area contributed by atoms with Crippen LogP contribution in [0.2, 0.25) is 0 Å². The summed E-state index contributed by atoms with van der Waals surface area (Å²) in [6.07, 6.45) is 0.386. The lowest BCUT2D eigenvalue weighted by Gasteiger charge is -2.21. The number of hydrogen-bond acceptors (Lipinski definition) is 4. The minimum absolute atomic E-state index is 0.0647. The summed E-state index contributed by atoms with van der Waals surface area (Å²) < 4.78 is 0. The van der Waals surface area contributed by atoms with Crippen molar-refractivity contribution in [3.05, 3.63) is 23.5 Å². The van der Waals surface area contributed by atoms with Crippen molar-refractivity contribution in [2.24, 2.45) is 5.73 Å². The molecule has 5 nitrogen and oxygen atoms in total. The first kappa shape index (κ1) is 10.0. The smallest absolute Gasteiger partial charge is 0.224 e. The van der Waals surface area contributed by atoms with Crippen molar-refractivity contribution in [2.75, 3.05) is 7.05 Å². The number of aromatic nitrogens is 2. The summed E-state index contributed by atoms with van der Waals surface area (Å²) >= 11 is 0. The molecule has 2 unspecified atom stereocenters. The van der Waals surface area contributed by atoms with Crippen molar-refractivity contribution in [1.29, 1.82) is 0 Å². The minimum atomic E-state index is -0.181. The Morgan fingerprint density at radius 1 is 1.47 bits per heavy atom. The molecule has 1 amide bonds. The van der Waals surface area contributed by atoms with E-state index >= 15 is 0 Å². The average Bonchev–Trinajstić information content (AvgIpc) is 2.44. The molecule has 0 saturated carbocycles. The van der Waals surface area contributed by atoms with Gasteiger partial charge in [-0.3, -0.25) is 4.79 Å².